The van der Waals surface area contributed by atoms with Gasteiger partial charge in [0.15, 0.2) is 9.84 Å². The first kappa shape index (κ1) is 19.0. The quantitative estimate of drug-likeness (QED) is 0.793. The Morgan fingerprint density at radius 1 is 0.964 bits per heavy atom. The Morgan fingerprint density at radius 3 is 2.43 bits per heavy atom. The van der Waals surface area contributed by atoms with E-state index >= 15 is 0 Å². The largest absolute Gasteiger partial charge is 0.364 e. The predicted octanol–water partition coefficient (Wildman–Crippen LogP) is 3.25. The molecule has 1 amide bonds. The van der Waals surface area contributed by atoms with Crippen LogP contribution in [0, 0.1) is 5.92 Å². The van der Waals surface area contributed by atoms with E-state index in [0.717, 1.165) is 30.9 Å². The number of benzene rings is 2. The molecule has 1 fully saturated rings. The van der Waals surface area contributed by atoms with Gasteiger partial charge in [-0.3, -0.25) is 4.79 Å². The maximum Gasteiger partial charge on any atom is 0.227 e. The molecule has 2 aliphatic heterocycles. The lowest BCUT2D eigenvalue weighted by molar-refractivity contribution is -0.119. The summed E-state index contributed by atoms with van der Waals surface area (Å²) < 4.78 is 23.8. The van der Waals surface area contributed by atoms with Gasteiger partial charge in [0.05, 0.1) is 22.9 Å². The third kappa shape index (κ3) is 4.22. The zero-order valence-electron chi connectivity index (χ0n) is 16.0. The predicted molar refractivity (Wildman–Crippen MR) is 112 cm³/mol. The van der Waals surface area contributed by atoms with Crippen molar-refractivity contribution in [2.24, 2.45) is 5.92 Å². The average molecular weight is 399 g/mol. The van der Waals surface area contributed by atoms with E-state index < -0.39 is 9.84 Å². The molecule has 2 aliphatic rings. The first-order valence-electron chi connectivity index (χ1n) is 9.90. The van der Waals surface area contributed by atoms with Gasteiger partial charge in [0.25, 0.3) is 0 Å². The number of fused-ring (bicyclic) bond motifs is 1. The summed E-state index contributed by atoms with van der Waals surface area (Å²) in [5.41, 5.74) is 3.22. The molecule has 2 aromatic carbocycles. The highest BCUT2D eigenvalue weighted by Gasteiger charge is 2.31. The molecule has 1 atom stereocenters. The summed E-state index contributed by atoms with van der Waals surface area (Å²) in [4.78, 5) is 17.2. The number of rotatable bonds is 4. The van der Waals surface area contributed by atoms with Crippen LogP contribution >= 0.6 is 0 Å². The molecule has 1 saturated heterocycles. The van der Waals surface area contributed by atoms with E-state index in [2.05, 4.69) is 23.1 Å². The van der Waals surface area contributed by atoms with Crippen LogP contribution in [0.5, 0.6) is 0 Å². The van der Waals surface area contributed by atoms with Crippen LogP contribution in [0.15, 0.2) is 54.6 Å². The number of anilines is 2. The van der Waals surface area contributed by atoms with Crippen molar-refractivity contribution in [3.05, 3.63) is 60.2 Å². The number of carbonyl (C=O) groups is 1. The minimum Gasteiger partial charge on any atom is -0.364 e. The van der Waals surface area contributed by atoms with E-state index in [4.69, 9.17) is 0 Å². The van der Waals surface area contributed by atoms with Gasteiger partial charge in [-0.05, 0) is 36.5 Å². The Kier molecular flexibility index (Phi) is 5.40. The molecule has 0 radical (unpaired) electrons. The van der Waals surface area contributed by atoms with Gasteiger partial charge in [-0.2, -0.15) is 0 Å². The monoisotopic (exact) mass is 398 g/mol. The number of sulfone groups is 1. The molecule has 6 heteroatoms. The highest BCUT2D eigenvalue weighted by molar-refractivity contribution is 7.91. The van der Waals surface area contributed by atoms with Gasteiger partial charge in [0, 0.05) is 26.1 Å². The van der Waals surface area contributed by atoms with Crippen LogP contribution in [0.25, 0.3) is 0 Å². The number of hydrogen-bond donors (Lipinski definition) is 0. The van der Waals surface area contributed by atoms with Crippen molar-refractivity contribution in [2.75, 3.05) is 34.4 Å². The zero-order valence-corrected chi connectivity index (χ0v) is 16.8. The van der Waals surface area contributed by atoms with Gasteiger partial charge in [-0.25, -0.2) is 8.42 Å². The van der Waals surface area contributed by atoms with Crippen LogP contribution in [0.1, 0.15) is 24.8 Å². The Bertz CT molecular complexity index is 943. The molecular formula is C22H26N2O3S. The standard InChI is InChI=1S/C22H26N2O3S/c25-22(15-19-9-6-14-28(26,27)17-19)24-13-12-23(16-18-7-2-1-3-8-18)20-10-4-5-11-21(20)24/h1-5,7-8,10-11,19H,6,9,12-17H2/t19-/m0/s1. The lowest BCUT2D eigenvalue weighted by atomic mass is 10.00. The van der Waals surface area contributed by atoms with Crippen LogP contribution < -0.4 is 9.80 Å². The first-order valence-corrected chi connectivity index (χ1v) is 11.7. The first-order chi connectivity index (χ1) is 13.5. The molecule has 0 spiro atoms. The van der Waals surface area contributed by atoms with Crippen molar-refractivity contribution in [2.45, 2.75) is 25.8 Å². The number of nitrogens with zero attached hydrogens (tertiary/aromatic N) is 2. The molecule has 0 aliphatic carbocycles. The van der Waals surface area contributed by atoms with E-state index in [1.807, 2.05) is 41.3 Å². The van der Waals surface area contributed by atoms with Gasteiger partial charge in [0.1, 0.15) is 0 Å². The molecule has 28 heavy (non-hydrogen) atoms. The molecule has 0 bridgehead atoms. The topological polar surface area (TPSA) is 57.7 Å². The van der Waals surface area contributed by atoms with Crippen molar-refractivity contribution < 1.29 is 13.2 Å². The van der Waals surface area contributed by atoms with Crippen LogP contribution in [0.4, 0.5) is 11.4 Å². The average Bonchev–Trinajstić information content (AvgIpc) is 2.68. The molecule has 0 N–H and O–H groups in total. The van der Waals surface area contributed by atoms with Gasteiger partial charge in [-0.15, -0.1) is 0 Å². The summed E-state index contributed by atoms with van der Waals surface area (Å²) in [6.07, 6.45) is 1.80. The van der Waals surface area contributed by atoms with Gasteiger partial charge >= 0.3 is 0 Å². The van der Waals surface area contributed by atoms with Crippen molar-refractivity contribution in [1.29, 1.82) is 0 Å². The maximum atomic E-state index is 13.0. The lowest BCUT2D eigenvalue weighted by Crippen LogP contribution is -2.44. The van der Waals surface area contributed by atoms with E-state index in [-0.39, 0.29) is 23.3 Å². The molecule has 5 nitrogen and oxygen atoms in total. The highest BCUT2D eigenvalue weighted by Crippen LogP contribution is 2.35. The SMILES string of the molecule is O=C(C[C@@H]1CCCS(=O)(=O)C1)N1CCN(Cc2ccccc2)c2ccccc21. The van der Waals surface area contributed by atoms with Crippen molar-refractivity contribution in [3.63, 3.8) is 0 Å². The molecule has 2 heterocycles. The van der Waals surface area contributed by atoms with E-state index in [9.17, 15) is 13.2 Å². The van der Waals surface area contributed by atoms with Crippen LogP contribution in [0.3, 0.4) is 0 Å². The minimum absolute atomic E-state index is 0.0360. The minimum atomic E-state index is -2.99. The molecule has 0 saturated carbocycles. The van der Waals surface area contributed by atoms with E-state index in [1.54, 1.807) is 0 Å². The molecular weight excluding hydrogens is 372 g/mol. The lowest BCUT2D eigenvalue weighted by Gasteiger charge is -2.38. The van der Waals surface area contributed by atoms with Crippen LogP contribution in [-0.2, 0) is 21.2 Å². The number of para-hydroxylation sites is 2. The number of hydrogen-bond acceptors (Lipinski definition) is 4. The second-order valence-electron chi connectivity index (χ2n) is 7.77. The fourth-order valence-corrected chi connectivity index (χ4v) is 6.06. The number of carbonyl (C=O) groups excluding carboxylic acids is 1. The smallest absolute Gasteiger partial charge is 0.227 e. The third-order valence-corrected chi connectivity index (χ3v) is 7.53. The normalized spacial score (nSPS) is 21.2. The van der Waals surface area contributed by atoms with Gasteiger partial charge < -0.3 is 9.80 Å². The fraction of sp³-hybridized carbons (Fsp3) is 0.409. The summed E-state index contributed by atoms with van der Waals surface area (Å²) >= 11 is 0. The molecule has 0 unspecified atom stereocenters. The Hall–Kier alpha value is -2.34. The van der Waals surface area contributed by atoms with Gasteiger partial charge in [-0.1, -0.05) is 42.5 Å². The van der Waals surface area contributed by atoms with Crippen molar-refractivity contribution in [1.82, 2.24) is 0 Å². The second kappa shape index (κ2) is 7.95. The molecule has 4 rings (SSSR count). The van der Waals surface area contributed by atoms with Crippen molar-refractivity contribution >= 4 is 27.1 Å². The second-order valence-corrected chi connectivity index (χ2v) is 10.00. The van der Waals surface area contributed by atoms with Gasteiger partial charge in [0.2, 0.25) is 5.91 Å². The summed E-state index contributed by atoms with van der Waals surface area (Å²) in [5, 5.41) is 0. The summed E-state index contributed by atoms with van der Waals surface area (Å²) in [6.45, 7) is 2.20. The summed E-state index contributed by atoms with van der Waals surface area (Å²) in [5.74, 6) is 0.391. The molecule has 148 valence electrons. The van der Waals surface area contributed by atoms with Crippen LogP contribution in [-0.4, -0.2) is 38.9 Å². The summed E-state index contributed by atoms with van der Waals surface area (Å²) in [6, 6.07) is 18.3. The zero-order chi connectivity index (χ0) is 19.6. The Labute approximate surface area is 166 Å². The molecule has 0 aromatic heterocycles. The van der Waals surface area contributed by atoms with E-state index in [1.165, 1.54) is 5.56 Å². The highest BCUT2D eigenvalue weighted by atomic mass is 32.2. The Balaban J connectivity index is 1.50. The Morgan fingerprint density at radius 2 is 1.68 bits per heavy atom. The fourth-order valence-electron chi connectivity index (χ4n) is 4.28. The molecule has 2 aromatic rings. The summed E-state index contributed by atoms with van der Waals surface area (Å²) in [7, 11) is -2.99. The van der Waals surface area contributed by atoms with E-state index in [0.29, 0.717) is 19.4 Å². The van der Waals surface area contributed by atoms with Crippen molar-refractivity contribution in [3.8, 4) is 0 Å². The maximum absolute atomic E-state index is 13.0. The third-order valence-electron chi connectivity index (χ3n) is 5.64. The van der Waals surface area contributed by atoms with Crippen LogP contribution in [0.2, 0.25) is 0 Å². The number of amides is 1.